The van der Waals surface area contributed by atoms with E-state index in [1.54, 1.807) is 0 Å². The van der Waals surface area contributed by atoms with Crippen LogP contribution in [0.4, 0.5) is 5.69 Å². The SMILES string of the molecule is N#C/C(=N\Nc1ccccc1)C(=O)C1CC1. The second kappa shape index (κ2) is 4.58. The zero-order chi connectivity index (χ0) is 11.4. The fourth-order valence-electron chi connectivity index (χ4n) is 1.31. The van der Waals surface area contributed by atoms with E-state index in [0.29, 0.717) is 0 Å². The number of Topliss-reactive ketones (excluding diaryl/α,β-unsaturated/α-hetero) is 1. The fraction of sp³-hybridized carbons (Fsp3) is 0.250. The molecule has 1 aromatic rings. The normalized spacial score (nSPS) is 15.3. The van der Waals surface area contributed by atoms with E-state index in [0.717, 1.165) is 18.5 Å². The molecule has 4 nitrogen and oxygen atoms in total. The predicted octanol–water partition coefficient (Wildman–Crippen LogP) is 1.96. The van der Waals surface area contributed by atoms with Gasteiger partial charge in [0, 0.05) is 5.92 Å². The molecule has 0 radical (unpaired) electrons. The summed E-state index contributed by atoms with van der Waals surface area (Å²) in [7, 11) is 0. The van der Waals surface area contributed by atoms with Crippen LogP contribution >= 0.6 is 0 Å². The van der Waals surface area contributed by atoms with Gasteiger partial charge in [-0.05, 0) is 25.0 Å². The molecule has 0 aliphatic heterocycles. The molecule has 1 aliphatic rings. The van der Waals surface area contributed by atoms with Crippen molar-refractivity contribution in [1.29, 1.82) is 5.26 Å². The Morgan fingerprint density at radius 2 is 2.06 bits per heavy atom. The zero-order valence-electron chi connectivity index (χ0n) is 8.68. The summed E-state index contributed by atoms with van der Waals surface area (Å²) in [5.74, 6) is -0.123. The molecule has 0 heterocycles. The maximum atomic E-state index is 11.6. The third kappa shape index (κ3) is 2.45. The molecule has 1 aliphatic carbocycles. The monoisotopic (exact) mass is 213 g/mol. The van der Waals surface area contributed by atoms with Crippen molar-refractivity contribution < 1.29 is 4.79 Å². The van der Waals surface area contributed by atoms with Gasteiger partial charge in [-0.3, -0.25) is 10.2 Å². The summed E-state index contributed by atoms with van der Waals surface area (Å²) in [5, 5.41) is 12.6. The van der Waals surface area contributed by atoms with Gasteiger partial charge in [-0.2, -0.15) is 10.4 Å². The lowest BCUT2D eigenvalue weighted by atomic mass is 10.2. The highest BCUT2D eigenvalue weighted by Gasteiger charge is 2.32. The number of carbonyl (C=O) groups excluding carboxylic acids is 1. The number of hydrogen-bond acceptors (Lipinski definition) is 4. The van der Waals surface area contributed by atoms with Gasteiger partial charge in [0.05, 0.1) is 5.69 Å². The Balaban J connectivity index is 2.05. The molecular weight excluding hydrogens is 202 g/mol. The summed E-state index contributed by atoms with van der Waals surface area (Å²) in [5.41, 5.74) is 3.43. The van der Waals surface area contributed by atoms with Crippen molar-refractivity contribution >= 4 is 17.2 Å². The van der Waals surface area contributed by atoms with Crippen LogP contribution in [-0.2, 0) is 4.79 Å². The minimum Gasteiger partial charge on any atom is -0.291 e. The van der Waals surface area contributed by atoms with Crippen LogP contribution in [0.15, 0.2) is 35.4 Å². The molecule has 80 valence electrons. The van der Waals surface area contributed by atoms with Crippen LogP contribution in [0.2, 0.25) is 0 Å². The van der Waals surface area contributed by atoms with Crippen LogP contribution in [0.1, 0.15) is 12.8 Å². The van der Waals surface area contributed by atoms with Crippen LogP contribution in [0, 0.1) is 17.2 Å². The van der Waals surface area contributed by atoms with E-state index in [9.17, 15) is 4.79 Å². The molecule has 16 heavy (non-hydrogen) atoms. The van der Waals surface area contributed by atoms with Gasteiger partial charge in [0.15, 0.2) is 5.78 Å². The van der Waals surface area contributed by atoms with Crippen LogP contribution in [-0.4, -0.2) is 11.5 Å². The third-order valence-electron chi connectivity index (χ3n) is 2.36. The lowest BCUT2D eigenvalue weighted by Crippen LogP contribution is -2.15. The van der Waals surface area contributed by atoms with Gasteiger partial charge in [0.25, 0.3) is 0 Å². The Morgan fingerprint density at radius 3 is 2.62 bits per heavy atom. The molecule has 0 saturated heterocycles. The van der Waals surface area contributed by atoms with E-state index in [4.69, 9.17) is 5.26 Å². The van der Waals surface area contributed by atoms with Crippen molar-refractivity contribution in [3.8, 4) is 6.07 Å². The van der Waals surface area contributed by atoms with Gasteiger partial charge in [0.2, 0.25) is 5.71 Å². The number of nitriles is 1. The molecule has 0 atom stereocenters. The highest BCUT2D eigenvalue weighted by Crippen LogP contribution is 2.30. The first-order valence-electron chi connectivity index (χ1n) is 5.14. The van der Waals surface area contributed by atoms with E-state index in [2.05, 4.69) is 10.5 Å². The first-order valence-corrected chi connectivity index (χ1v) is 5.14. The Kier molecular flexibility index (Phi) is 2.97. The highest BCUT2D eigenvalue weighted by atomic mass is 16.1. The summed E-state index contributed by atoms with van der Waals surface area (Å²) in [4.78, 5) is 11.6. The predicted molar refractivity (Wildman–Crippen MR) is 60.8 cm³/mol. The summed E-state index contributed by atoms with van der Waals surface area (Å²) >= 11 is 0. The lowest BCUT2D eigenvalue weighted by molar-refractivity contribution is -0.113. The van der Waals surface area contributed by atoms with E-state index in [1.165, 1.54) is 0 Å². The van der Waals surface area contributed by atoms with Gasteiger partial charge in [-0.25, -0.2) is 0 Å². The number of benzene rings is 1. The van der Waals surface area contributed by atoms with Crippen molar-refractivity contribution in [2.45, 2.75) is 12.8 Å². The van der Waals surface area contributed by atoms with E-state index in [-0.39, 0.29) is 17.4 Å². The summed E-state index contributed by atoms with van der Waals surface area (Å²) in [6.07, 6.45) is 1.76. The minimum atomic E-state index is -0.147. The number of carbonyl (C=O) groups is 1. The Labute approximate surface area is 93.6 Å². The zero-order valence-corrected chi connectivity index (χ0v) is 8.68. The fourth-order valence-corrected chi connectivity index (χ4v) is 1.31. The van der Waals surface area contributed by atoms with E-state index >= 15 is 0 Å². The Morgan fingerprint density at radius 1 is 1.38 bits per heavy atom. The van der Waals surface area contributed by atoms with Crippen LogP contribution < -0.4 is 5.43 Å². The van der Waals surface area contributed by atoms with Crippen molar-refractivity contribution in [3.05, 3.63) is 30.3 Å². The summed E-state index contributed by atoms with van der Waals surface area (Å²) in [6, 6.07) is 11.1. The molecule has 0 spiro atoms. The Hall–Kier alpha value is -2.15. The number of nitrogens with zero attached hydrogens (tertiary/aromatic N) is 2. The van der Waals surface area contributed by atoms with Crippen molar-refractivity contribution in [3.63, 3.8) is 0 Å². The first-order chi connectivity index (χ1) is 7.81. The molecular formula is C12H11N3O. The second-order valence-corrected chi connectivity index (χ2v) is 3.69. The quantitative estimate of drug-likeness (QED) is 0.614. The molecule has 0 unspecified atom stereocenters. The number of hydrogen-bond donors (Lipinski definition) is 1. The second-order valence-electron chi connectivity index (χ2n) is 3.69. The number of para-hydroxylation sites is 1. The third-order valence-corrected chi connectivity index (χ3v) is 2.36. The number of rotatable bonds is 4. The van der Waals surface area contributed by atoms with Crippen LogP contribution in [0.5, 0.6) is 0 Å². The minimum absolute atomic E-state index is 0.0240. The average Bonchev–Trinajstić information content (AvgIpc) is 3.15. The van der Waals surface area contributed by atoms with Gasteiger partial charge in [0.1, 0.15) is 6.07 Å². The molecule has 2 rings (SSSR count). The maximum absolute atomic E-state index is 11.6. The largest absolute Gasteiger partial charge is 0.291 e. The average molecular weight is 213 g/mol. The molecule has 1 N–H and O–H groups in total. The molecule has 0 amide bonds. The smallest absolute Gasteiger partial charge is 0.203 e. The molecule has 4 heteroatoms. The summed E-state index contributed by atoms with van der Waals surface area (Å²) < 4.78 is 0. The van der Waals surface area contributed by atoms with E-state index < -0.39 is 0 Å². The molecule has 0 bridgehead atoms. The van der Waals surface area contributed by atoms with Crippen molar-refractivity contribution in [2.75, 3.05) is 5.43 Å². The highest BCUT2D eigenvalue weighted by molar-refractivity contribution is 6.47. The molecule has 1 aromatic carbocycles. The lowest BCUT2D eigenvalue weighted by Gasteiger charge is -1.99. The number of ketones is 1. The summed E-state index contributed by atoms with van der Waals surface area (Å²) in [6.45, 7) is 0. The van der Waals surface area contributed by atoms with Gasteiger partial charge in [-0.15, -0.1) is 0 Å². The van der Waals surface area contributed by atoms with Gasteiger partial charge >= 0.3 is 0 Å². The molecule has 1 saturated carbocycles. The van der Waals surface area contributed by atoms with Gasteiger partial charge in [-0.1, -0.05) is 18.2 Å². The van der Waals surface area contributed by atoms with Crippen molar-refractivity contribution in [1.82, 2.24) is 0 Å². The maximum Gasteiger partial charge on any atom is 0.203 e. The van der Waals surface area contributed by atoms with Crippen LogP contribution in [0.25, 0.3) is 0 Å². The number of hydrazone groups is 1. The number of anilines is 1. The van der Waals surface area contributed by atoms with Gasteiger partial charge < -0.3 is 0 Å². The molecule has 0 aromatic heterocycles. The topological polar surface area (TPSA) is 65.2 Å². The van der Waals surface area contributed by atoms with E-state index in [1.807, 2.05) is 36.4 Å². The van der Waals surface area contributed by atoms with Crippen molar-refractivity contribution in [2.24, 2.45) is 11.0 Å². The number of nitrogens with one attached hydrogen (secondary N) is 1. The standard InChI is InChI=1S/C12H11N3O/c13-8-11(12(16)9-6-7-9)15-14-10-4-2-1-3-5-10/h1-5,9,14H,6-7H2/b15-11+. The van der Waals surface area contributed by atoms with Crippen LogP contribution in [0.3, 0.4) is 0 Å². The first kappa shape index (κ1) is 10.4. The Bertz CT molecular complexity index is 455. The molecule has 1 fully saturated rings.